The van der Waals surface area contributed by atoms with Gasteiger partial charge in [0.2, 0.25) is 5.60 Å². The zero-order valence-electron chi connectivity index (χ0n) is 19.4. The van der Waals surface area contributed by atoms with Crippen LogP contribution in [0.15, 0.2) is 0 Å². The molecule has 0 heterocycles. The summed E-state index contributed by atoms with van der Waals surface area (Å²) >= 11 is 0. The Morgan fingerprint density at radius 1 is 0.844 bits per heavy atom. The number of carbonyl (C=O) groups is 4. The molecule has 0 aromatic heterocycles. The molecule has 10 heteroatoms. The molecule has 0 aliphatic carbocycles. The molecular formula is C22H40O10. The number of rotatable bonds is 17. The van der Waals surface area contributed by atoms with E-state index in [1.807, 2.05) is 6.92 Å². The lowest BCUT2D eigenvalue weighted by Gasteiger charge is -2.23. The highest BCUT2D eigenvalue weighted by Crippen LogP contribution is 2.16. The molecule has 10 nitrogen and oxygen atoms in total. The molecule has 0 amide bonds. The van der Waals surface area contributed by atoms with Crippen molar-refractivity contribution < 1.29 is 49.4 Å². The summed E-state index contributed by atoms with van der Waals surface area (Å²) in [5.74, 6) is -5.88. The van der Waals surface area contributed by atoms with E-state index in [-0.39, 0.29) is 12.1 Å². The molecule has 0 saturated heterocycles. The first-order valence-electron chi connectivity index (χ1n) is 11.2. The Morgan fingerprint density at radius 3 is 1.78 bits per heavy atom. The van der Waals surface area contributed by atoms with E-state index in [4.69, 9.17) is 30.3 Å². The number of ether oxygens (including phenoxy) is 1. The Kier molecular flexibility index (Phi) is 18.4. The summed E-state index contributed by atoms with van der Waals surface area (Å²) in [4.78, 5) is 42.2. The second-order valence-corrected chi connectivity index (χ2v) is 7.85. The lowest BCUT2D eigenvalue weighted by atomic mass is 9.93. The second kappa shape index (κ2) is 18.4. The molecule has 0 spiro atoms. The average molecular weight is 465 g/mol. The fourth-order valence-electron chi connectivity index (χ4n) is 2.78. The zero-order chi connectivity index (χ0) is 25.2. The number of hydrogen-bond donors (Lipinski definition) is 5. The van der Waals surface area contributed by atoms with Crippen LogP contribution in [0, 0.1) is 0 Å². The van der Waals surface area contributed by atoms with Gasteiger partial charge in [0.1, 0.15) is 0 Å². The topological polar surface area (TPSA) is 179 Å². The molecule has 32 heavy (non-hydrogen) atoms. The normalized spacial score (nSPS) is 14.3. The molecular weight excluding hydrogens is 424 g/mol. The van der Waals surface area contributed by atoms with Crippen molar-refractivity contribution in [3.05, 3.63) is 0 Å². The third-order valence-electron chi connectivity index (χ3n) is 4.76. The summed E-state index contributed by atoms with van der Waals surface area (Å²) in [6.07, 6.45) is 8.62. The number of esters is 1. The highest BCUT2D eigenvalue weighted by atomic mass is 16.5. The molecule has 0 bridgehead atoms. The van der Waals surface area contributed by atoms with Crippen LogP contribution in [-0.4, -0.2) is 67.2 Å². The van der Waals surface area contributed by atoms with Gasteiger partial charge in [-0.25, -0.2) is 9.59 Å². The van der Waals surface area contributed by atoms with E-state index in [9.17, 15) is 19.2 Å². The molecule has 0 aliphatic rings. The summed E-state index contributed by atoms with van der Waals surface area (Å²) < 4.78 is 5.36. The summed E-state index contributed by atoms with van der Waals surface area (Å²) in [6.45, 7) is 6.39. The average Bonchev–Trinajstić information content (AvgIpc) is 2.70. The first kappa shape index (κ1) is 32.0. The maximum absolute atomic E-state index is 11.5. The van der Waals surface area contributed by atoms with Crippen molar-refractivity contribution in [1.82, 2.24) is 0 Å². The van der Waals surface area contributed by atoms with Gasteiger partial charge in [-0.15, -0.1) is 0 Å². The van der Waals surface area contributed by atoms with Crippen LogP contribution in [0.4, 0.5) is 0 Å². The minimum atomic E-state index is -3.22. The van der Waals surface area contributed by atoms with Crippen LogP contribution in [0.3, 0.4) is 0 Å². The first-order chi connectivity index (χ1) is 14.9. The van der Waals surface area contributed by atoms with E-state index in [1.54, 1.807) is 0 Å². The highest BCUT2D eigenvalue weighted by molar-refractivity contribution is 5.90. The van der Waals surface area contributed by atoms with Crippen molar-refractivity contribution in [2.45, 2.75) is 116 Å². The SMILES string of the molecule is CCCCCCCCCC(=O)OC(C)CCCC.O=C(O)CC(O)(C(=O)O)C(O)C(=O)O. The van der Waals surface area contributed by atoms with Crippen molar-refractivity contribution >= 4 is 23.9 Å². The number of carboxylic acids is 3. The van der Waals surface area contributed by atoms with Crippen LogP contribution < -0.4 is 0 Å². The third kappa shape index (κ3) is 15.6. The van der Waals surface area contributed by atoms with Crippen molar-refractivity contribution in [2.24, 2.45) is 0 Å². The van der Waals surface area contributed by atoms with Crippen molar-refractivity contribution in [1.29, 1.82) is 0 Å². The van der Waals surface area contributed by atoms with E-state index < -0.39 is 36.0 Å². The third-order valence-corrected chi connectivity index (χ3v) is 4.76. The molecule has 188 valence electrons. The highest BCUT2D eigenvalue weighted by Gasteiger charge is 2.49. The standard InChI is InChI=1S/C16H32O2.C6H8O8/c1-4-6-8-9-10-11-12-14-16(17)18-15(3)13-7-5-2;7-2(8)1-6(14,5(12)13)3(9)4(10)11/h15H,4-14H2,1-3H3;3,9,14H,1H2,(H,7,8)(H,10,11)(H,12,13). The summed E-state index contributed by atoms with van der Waals surface area (Å²) in [5.41, 5.74) is -3.22. The molecule has 3 atom stereocenters. The number of aliphatic hydroxyl groups is 2. The van der Waals surface area contributed by atoms with Crippen molar-refractivity contribution in [2.75, 3.05) is 0 Å². The number of aliphatic carboxylic acids is 3. The van der Waals surface area contributed by atoms with Gasteiger partial charge in [0.25, 0.3) is 0 Å². The molecule has 0 fully saturated rings. The lowest BCUT2D eigenvalue weighted by Crippen LogP contribution is -2.54. The lowest BCUT2D eigenvalue weighted by molar-refractivity contribution is -0.187. The Morgan fingerprint density at radius 2 is 1.34 bits per heavy atom. The largest absolute Gasteiger partial charge is 0.481 e. The molecule has 0 saturated carbocycles. The smallest absolute Gasteiger partial charge is 0.339 e. The maximum Gasteiger partial charge on any atom is 0.339 e. The Bertz CT molecular complexity index is 563. The number of aliphatic hydroxyl groups excluding tert-OH is 1. The van der Waals surface area contributed by atoms with Gasteiger partial charge in [-0.1, -0.05) is 65.2 Å². The van der Waals surface area contributed by atoms with Gasteiger partial charge in [-0.3, -0.25) is 9.59 Å². The number of hydrogen-bond acceptors (Lipinski definition) is 7. The number of unbranched alkanes of at least 4 members (excludes halogenated alkanes) is 7. The van der Waals surface area contributed by atoms with Crippen LogP contribution in [0.25, 0.3) is 0 Å². The van der Waals surface area contributed by atoms with Gasteiger partial charge in [-0.05, 0) is 19.8 Å². The van der Waals surface area contributed by atoms with Gasteiger partial charge >= 0.3 is 23.9 Å². The van der Waals surface area contributed by atoms with Gasteiger partial charge in [-0.2, -0.15) is 0 Å². The molecule has 5 N–H and O–H groups in total. The Labute approximate surface area is 189 Å². The quantitative estimate of drug-likeness (QED) is 0.159. The molecule has 0 aromatic rings. The van der Waals surface area contributed by atoms with Crippen molar-refractivity contribution in [3.8, 4) is 0 Å². The fourth-order valence-corrected chi connectivity index (χ4v) is 2.78. The number of carbonyl (C=O) groups excluding carboxylic acids is 1. The van der Waals surface area contributed by atoms with Crippen molar-refractivity contribution in [3.63, 3.8) is 0 Å². The van der Waals surface area contributed by atoms with Crippen LogP contribution in [0.1, 0.15) is 97.8 Å². The Hall–Kier alpha value is -2.20. The van der Waals surface area contributed by atoms with Crippen LogP contribution in [-0.2, 0) is 23.9 Å². The Balaban J connectivity index is 0. The fraction of sp³-hybridized carbons (Fsp3) is 0.818. The van der Waals surface area contributed by atoms with Gasteiger partial charge in [0.15, 0.2) is 6.10 Å². The molecule has 3 unspecified atom stereocenters. The molecule has 0 aliphatic heterocycles. The predicted molar refractivity (Wildman–Crippen MR) is 116 cm³/mol. The van der Waals surface area contributed by atoms with E-state index >= 15 is 0 Å². The summed E-state index contributed by atoms with van der Waals surface area (Å²) in [6, 6.07) is 0. The molecule has 0 radical (unpaired) electrons. The van der Waals surface area contributed by atoms with E-state index in [1.165, 1.54) is 44.9 Å². The van der Waals surface area contributed by atoms with Crippen LogP contribution in [0.5, 0.6) is 0 Å². The van der Waals surface area contributed by atoms with Gasteiger partial charge < -0.3 is 30.3 Å². The summed E-state index contributed by atoms with van der Waals surface area (Å²) in [5, 5.41) is 42.6. The predicted octanol–water partition coefficient (Wildman–Crippen LogP) is 2.97. The first-order valence-corrected chi connectivity index (χ1v) is 11.2. The molecule has 0 rings (SSSR count). The van der Waals surface area contributed by atoms with E-state index in [0.717, 1.165) is 19.3 Å². The number of carboxylic acid groups (broad SMARTS) is 3. The minimum absolute atomic E-state index is 0.00726. The van der Waals surface area contributed by atoms with Crippen LogP contribution >= 0.6 is 0 Å². The van der Waals surface area contributed by atoms with Gasteiger partial charge in [0.05, 0.1) is 12.5 Å². The maximum atomic E-state index is 11.5. The van der Waals surface area contributed by atoms with E-state index in [2.05, 4.69) is 13.8 Å². The summed E-state index contributed by atoms with van der Waals surface area (Å²) in [7, 11) is 0. The monoisotopic (exact) mass is 464 g/mol. The molecule has 0 aromatic carbocycles. The van der Waals surface area contributed by atoms with Gasteiger partial charge in [0, 0.05) is 6.42 Å². The zero-order valence-corrected chi connectivity index (χ0v) is 19.4. The van der Waals surface area contributed by atoms with Crippen LogP contribution in [0.2, 0.25) is 0 Å². The van der Waals surface area contributed by atoms with E-state index in [0.29, 0.717) is 6.42 Å². The second-order valence-electron chi connectivity index (χ2n) is 7.85. The minimum Gasteiger partial charge on any atom is -0.481 e.